The third-order valence-electron chi connectivity index (χ3n) is 10.5. The molecule has 4 nitrogen and oxygen atoms in total. The molecule has 0 saturated heterocycles. The monoisotopic (exact) mass is 675 g/mol. The van der Waals surface area contributed by atoms with E-state index in [1.54, 1.807) is 0 Å². The van der Waals surface area contributed by atoms with Crippen LogP contribution in [0.2, 0.25) is 0 Å². The molecule has 11 aromatic rings. The maximum atomic E-state index is 6.54. The number of fused-ring (bicyclic) bond motifs is 9. The highest BCUT2D eigenvalue weighted by atomic mass is 16.3. The lowest BCUT2D eigenvalue weighted by Gasteiger charge is -2.11. The molecule has 9 aromatic carbocycles. The molecule has 0 bridgehead atoms. The second-order valence-corrected chi connectivity index (χ2v) is 13.6. The maximum Gasteiger partial charge on any atom is 0.164 e. The molecule has 0 aliphatic heterocycles. The van der Waals surface area contributed by atoms with Gasteiger partial charge in [-0.15, -0.1) is 0 Å². The van der Waals surface area contributed by atoms with E-state index in [-0.39, 0.29) is 0 Å². The maximum absolute atomic E-state index is 6.54. The molecule has 0 spiro atoms. The highest BCUT2D eigenvalue weighted by Gasteiger charge is 2.19. The number of rotatable bonds is 4. The highest BCUT2D eigenvalue weighted by Crippen LogP contribution is 2.39. The number of hydrogen-bond acceptors (Lipinski definition) is 4. The number of hydrogen-bond donors (Lipinski definition) is 0. The van der Waals surface area contributed by atoms with Crippen molar-refractivity contribution in [3.8, 4) is 45.3 Å². The van der Waals surface area contributed by atoms with Gasteiger partial charge in [0.05, 0.1) is 0 Å². The van der Waals surface area contributed by atoms with Crippen molar-refractivity contribution in [3.05, 3.63) is 176 Å². The molecule has 0 aliphatic carbocycles. The van der Waals surface area contributed by atoms with Gasteiger partial charge in [0.15, 0.2) is 17.5 Å². The zero-order valence-electron chi connectivity index (χ0n) is 28.5. The van der Waals surface area contributed by atoms with Crippen LogP contribution in [-0.4, -0.2) is 15.0 Å². The fourth-order valence-electron chi connectivity index (χ4n) is 7.88. The Labute approximate surface area is 304 Å². The van der Waals surface area contributed by atoms with Gasteiger partial charge < -0.3 is 4.42 Å². The van der Waals surface area contributed by atoms with E-state index in [0.717, 1.165) is 55.1 Å². The molecule has 11 rings (SSSR count). The second kappa shape index (κ2) is 11.7. The zero-order valence-corrected chi connectivity index (χ0v) is 28.5. The fourth-order valence-corrected chi connectivity index (χ4v) is 7.88. The second-order valence-electron chi connectivity index (χ2n) is 13.6. The van der Waals surface area contributed by atoms with Crippen LogP contribution in [0.1, 0.15) is 0 Å². The van der Waals surface area contributed by atoms with Gasteiger partial charge in [-0.05, 0) is 84.5 Å². The van der Waals surface area contributed by atoms with Gasteiger partial charge in [-0.2, -0.15) is 0 Å². The Bertz CT molecular complexity index is 3240. The van der Waals surface area contributed by atoms with Crippen molar-refractivity contribution in [1.82, 2.24) is 15.0 Å². The normalized spacial score (nSPS) is 11.8. The van der Waals surface area contributed by atoms with Crippen LogP contribution in [0.5, 0.6) is 0 Å². The lowest BCUT2D eigenvalue weighted by Crippen LogP contribution is -2.00. The summed E-state index contributed by atoms with van der Waals surface area (Å²) in [4.78, 5) is 15.4. The molecule has 53 heavy (non-hydrogen) atoms. The minimum Gasteiger partial charge on any atom is -0.456 e. The topological polar surface area (TPSA) is 51.8 Å². The van der Waals surface area contributed by atoms with Crippen LogP contribution >= 0.6 is 0 Å². The number of benzene rings is 9. The van der Waals surface area contributed by atoms with Gasteiger partial charge in [-0.3, -0.25) is 0 Å². The quantitative estimate of drug-likeness (QED) is 0.174. The van der Waals surface area contributed by atoms with Crippen molar-refractivity contribution >= 4 is 65.0 Å². The fraction of sp³-hybridized carbons (Fsp3) is 0. The van der Waals surface area contributed by atoms with Crippen LogP contribution in [0.3, 0.4) is 0 Å². The lowest BCUT2D eigenvalue weighted by atomic mass is 9.95. The smallest absolute Gasteiger partial charge is 0.164 e. The van der Waals surface area contributed by atoms with Crippen LogP contribution in [-0.2, 0) is 0 Å². The Hall–Kier alpha value is -7.17. The molecule has 0 N–H and O–H groups in total. The molecule has 0 radical (unpaired) electrons. The molecular weight excluding hydrogens is 647 g/mol. The Morgan fingerprint density at radius 1 is 0.302 bits per heavy atom. The molecule has 0 saturated carbocycles. The summed E-state index contributed by atoms with van der Waals surface area (Å²) in [5.41, 5.74) is 6.64. The van der Waals surface area contributed by atoms with Gasteiger partial charge >= 0.3 is 0 Å². The van der Waals surface area contributed by atoms with Crippen molar-refractivity contribution in [2.45, 2.75) is 0 Å². The van der Waals surface area contributed by atoms with Gasteiger partial charge in [0.1, 0.15) is 11.2 Å². The first kappa shape index (κ1) is 29.5. The van der Waals surface area contributed by atoms with Crippen molar-refractivity contribution in [2.24, 2.45) is 0 Å². The van der Waals surface area contributed by atoms with Crippen molar-refractivity contribution in [3.63, 3.8) is 0 Å². The molecule has 246 valence electrons. The van der Waals surface area contributed by atoms with Crippen LogP contribution in [0.4, 0.5) is 0 Å². The summed E-state index contributed by atoms with van der Waals surface area (Å²) in [5.74, 6) is 1.85. The predicted molar refractivity (Wildman–Crippen MR) is 219 cm³/mol. The first-order chi connectivity index (χ1) is 26.2. The Morgan fingerprint density at radius 3 is 1.79 bits per heavy atom. The van der Waals surface area contributed by atoms with E-state index in [1.807, 2.05) is 42.5 Å². The lowest BCUT2D eigenvalue weighted by molar-refractivity contribution is 0.669. The summed E-state index contributed by atoms with van der Waals surface area (Å²) in [6.45, 7) is 0. The van der Waals surface area contributed by atoms with E-state index >= 15 is 0 Å². The minimum atomic E-state index is 0.602. The van der Waals surface area contributed by atoms with E-state index in [9.17, 15) is 0 Å². The van der Waals surface area contributed by atoms with Crippen LogP contribution < -0.4 is 0 Å². The van der Waals surface area contributed by atoms with Crippen LogP contribution in [0.25, 0.3) is 110 Å². The summed E-state index contributed by atoms with van der Waals surface area (Å²) >= 11 is 0. The Balaban J connectivity index is 1.08. The summed E-state index contributed by atoms with van der Waals surface area (Å²) in [5, 5.41) is 11.8. The molecular formula is C49H29N3O. The Kier molecular flexibility index (Phi) is 6.52. The van der Waals surface area contributed by atoms with Crippen molar-refractivity contribution in [1.29, 1.82) is 0 Å². The third-order valence-corrected chi connectivity index (χ3v) is 10.5. The summed E-state index contributed by atoms with van der Waals surface area (Å²) in [6, 6.07) is 61.7. The summed E-state index contributed by atoms with van der Waals surface area (Å²) in [7, 11) is 0. The first-order valence-corrected chi connectivity index (χ1v) is 17.8. The number of furan rings is 1. The van der Waals surface area contributed by atoms with Crippen molar-refractivity contribution < 1.29 is 4.42 Å². The molecule has 0 unspecified atom stereocenters. The minimum absolute atomic E-state index is 0.602. The van der Waals surface area contributed by atoms with Gasteiger partial charge in [0.25, 0.3) is 0 Å². The third kappa shape index (κ3) is 4.88. The van der Waals surface area contributed by atoms with Gasteiger partial charge in [0, 0.05) is 27.5 Å². The van der Waals surface area contributed by atoms with Crippen LogP contribution in [0.15, 0.2) is 180 Å². The van der Waals surface area contributed by atoms with E-state index in [1.165, 1.54) is 37.7 Å². The number of nitrogens with zero attached hydrogens (tertiary/aromatic N) is 3. The SMILES string of the molecule is c1ccc(-c2nc(-c3ccc4c(ccc5ccc6ccccc6c54)c3)nc(-c3cccc4oc5cc(-c6ccc7ccccc7c6)ccc5c34)n2)cc1. The molecule has 0 fully saturated rings. The largest absolute Gasteiger partial charge is 0.456 e. The van der Waals surface area contributed by atoms with E-state index in [2.05, 4.69) is 133 Å². The van der Waals surface area contributed by atoms with Crippen molar-refractivity contribution in [2.75, 3.05) is 0 Å². The molecule has 2 aromatic heterocycles. The first-order valence-electron chi connectivity index (χ1n) is 17.8. The molecule has 0 amide bonds. The average molecular weight is 676 g/mol. The van der Waals surface area contributed by atoms with Gasteiger partial charge in [0.2, 0.25) is 0 Å². The van der Waals surface area contributed by atoms with E-state index in [4.69, 9.17) is 19.4 Å². The standard InChI is InChI=1S/C49H29N3O/c1-2-11-33(12-3-1)47-50-48(38-24-25-40-37(28-38)22-20-32-19-18-31-10-6-7-14-39(31)45(32)40)52-49(51-47)42-15-8-16-43-46(42)41-26-23-36(29-44(41)53-43)35-21-17-30-9-4-5-13-34(30)27-35/h1-29H. The molecule has 0 aliphatic rings. The molecule has 4 heteroatoms. The molecule has 0 atom stereocenters. The summed E-state index contributed by atoms with van der Waals surface area (Å²) in [6.07, 6.45) is 0. The van der Waals surface area contributed by atoms with Gasteiger partial charge in [-0.1, -0.05) is 146 Å². The summed E-state index contributed by atoms with van der Waals surface area (Å²) < 4.78 is 6.54. The van der Waals surface area contributed by atoms with E-state index < -0.39 is 0 Å². The average Bonchev–Trinajstić information content (AvgIpc) is 3.61. The Morgan fingerprint density at radius 2 is 0.906 bits per heavy atom. The zero-order chi connectivity index (χ0) is 34.9. The predicted octanol–water partition coefficient (Wildman–Crippen LogP) is 13.1. The van der Waals surface area contributed by atoms with Crippen LogP contribution in [0, 0.1) is 0 Å². The number of aromatic nitrogens is 3. The van der Waals surface area contributed by atoms with E-state index in [0.29, 0.717) is 17.5 Å². The van der Waals surface area contributed by atoms with Gasteiger partial charge in [-0.25, -0.2) is 15.0 Å². The highest BCUT2D eigenvalue weighted by molar-refractivity contribution is 6.20. The molecule has 2 heterocycles.